The van der Waals surface area contributed by atoms with Gasteiger partial charge in [0.25, 0.3) is 5.91 Å². The van der Waals surface area contributed by atoms with Crippen LogP contribution in [-0.2, 0) is 11.8 Å². The van der Waals surface area contributed by atoms with Gasteiger partial charge in [0.15, 0.2) is 6.61 Å². The fourth-order valence-electron chi connectivity index (χ4n) is 3.89. The summed E-state index contributed by atoms with van der Waals surface area (Å²) in [4.78, 5) is 19.4. The van der Waals surface area contributed by atoms with E-state index >= 15 is 0 Å². The van der Waals surface area contributed by atoms with Crippen LogP contribution in [0, 0.1) is 6.92 Å². The van der Waals surface area contributed by atoms with Crippen molar-refractivity contribution in [2.24, 2.45) is 7.05 Å². The Morgan fingerprint density at radius 3 is 2.89 bits per heavy atom. The van der Waals surface area contributed by atoms with Crippen molar-refractivity contribution in [2.75, 3.05) is 19.7 Å². The highest BCUT2D eigenvalue weighted by molar-refractivity contribution is 5.78. The van der Waals surface area contributed by atoms with Gasteiger partial charge in [-0.3, -0.25) is 4.79 Å². The van der Waals surface area contributed by atoms with E-state index in [-0.39, 0.29) is 18.4 Å². The van der Waals surface area contributed by atoms with Crippen LogP contribution in [-0.4, -0.2) is 40.1 Å². The lowest BCUT2D eigenvalue weighted by atomic mass is 9.97. The summed E-state index contributed by atoms with van der Waals surface area (Å²) >= 11 is 0. The third-order valence-corrected chi connectivity index (χ3v) is 5.31. The van der Waals surface area contributed by atoms with Crippen LogP contribution in [0.5, 0.6) is 5.75 Å². The smallest absolute Gasteiger partial charge is 0.260 e. The number of piperidine rings is 1. The van der Waals surface area contributed by atoms with Crippen LogP contribution < -0.4 is 4.74 Å². The summed E-state index contributed by atoms with van der Waals surface area (Å²) in [6.07, 6.45) is 2.05. The minimum Gasteiger partial charge on any atom is -0.484 e. The standard InChI is InChI=1S/C22H25N3O2/c1-16-7-5-9-18(13-16)27-15-21(26)25-12-6-8-17(14-25)22-23-19-10-3-4-11-20(19)24(22)2/h3-5,7,9-11,13,17H,6,8,12,14-15H2,1-2H3. The molecule has 140 valence electrons. The Kier molecular flexibility index (Phi) is 4.84. The van der Waals surface area contributed by atoms with Crippen molar-refractivity contribution in [2.45, 2.75) is 25.7 Å². The SMILES string of the molecule is Cc1cccc(OCC(=O)N2CCCC(c3nc4ccccc4n3C)C2)c1. The zero-order valence-electron chi connectivity index (χ0n) is 15.9. The fraction of sp³-hybridized carbons (Fsp3) is 0.364. The number of carbonyl (C=O) groups is 1. The number of rotatable bonds is 4. The van der Waals surface area contributed by atoms with Crippen LogP contribution in [0.15, 0.2) is 48.5 Å². The molecule has 1 atom stereocenters. The number of hydrogen-bond donors (Lipinski definition) is 0. The molecule has 1 aliphatic heterocycles. The maximum Gasteiger partial charge on any atom is 0.260 e. The number of hydrogen-bond acceptors (Lipinski definition) is 3. The molecule has 1 aromatic heterocycles. The van der Waals surface area contributed by atoms with E-state index in [0.29, 0.717) is 6.54 Å². The largest absolute Gasteiger partial charge is 0.484 e. The van der Waals surface area contributed by atoms with Crippen molar-refractivity contribution < 1.29 is 9.53 Å². The van der Waals surface area contributed by atoms with Gasteiger partial charge in [0, 0.05) is 26.1 Å². The van der Waals surface area contributed by atoms with Gasteiger partial charge in [-0.2, -0.15) is 0 Å². The fourth-order valence-corrected chi connectivity index (χ4v) is 3.89. The monoisotopic (exact) mass is 363 g/mol. The summed E-state index contributed by atoms with van der Waals surface area (Å²) in [6.45, 7) is 3.59. The summed E-state index contributed by atoms with van der Waals surface area (Å²) in [6, 6.07) is 16.0. The Bertz CT molecular complexity index is 963. The van der Waals surface area contributed by atoms with Crippen LogP contribution in [0.3, 0.4) is 0 Å². The van der Waals surface area contributed by atoms with Gasteiger partial charge in [0.2, 0.25) is 0 Å². The van der Waals surface area contributed by atoms with Gasteiger partial charge < -0.3 is 14.2 Å². The molecule has 1 fully saturated rings. The molecule has 1 aliphatic rings. The van der Waals surface area contributed by atoms with Crippen molar-refractivity contribution in [3.8, 4) is 5.75 Å². The van der Waals surface area contributed by atoms with Gasteiger partial charge in [-0.25, -0.2) is 4.98 Å². The Morgan fingerprint density at radius 1 is 1.22 bits per heavy atom. The molecular weight excluding hydrogens is 338 g/mol. The average molecular weight is 363 g/mol. The minimum atomic E-state index is 0.0416. The molecule has 0 bridgehead atoms. The molecule has 0 spiro atoms. The first-order valence-corrected chi connectivity index (χ1v) is 9.50. The number of carbonyl (C=O) groups excluding carboxylic acids is 1. The predicted molar refractivity (Wildman–Crippen MR) is 106 cm³/mol. The van der Waals surface area contributed by atoms with Crippen molar-refractivity contribution in [3.05, 3.63) is 59.9 Å². The lowest BCUT2D eigenvalue weighted by Crippen LogP contribution is -2.42. The van der Waals surface area contributed by atoms with Gasteiger partial charge in [-0.1, -0.05) is 24.3 Å². The second kappa shape index (κ2) is 7.43. The highest BCUT2D eigenvalue weighted by Crippen LogP contribution is 2.28. The van der Waals surface area contributed by atoms with Crippen molar-refractivity contribution in [3.63, 3.8) is 0 Å². The molecule has 0 radical (unpaired) electrons. The Hall–Kier alpha value is -2.82. The van der Waals surface area contributed by atoms with E-state index in [4.69, 9.17) is 9.72 Å². The number of imidazole rings is 1. The van der Waals surface area contributed by atoms with E-state index in [9.17, 15) is 4.79 Å². The summed E-state index contributed by atoms with van der Waals surface area (Å²) in [5.74, 6) is 2.11. The minimum absolute atomic E-state index is 0.0416. The number of ether oxygens (including phenoxy) is 1. The average Bonchev–Trinajstić information content (AvgIpc) is 3.03. The number of amides is 1. The first-order valence-electron chi connectivity index (χ1n) is 9.50. The zero-order chi connectivity index (χ0) is 18.8. The van der Waals surface area contributed by atoms with Crippen LogP contribution in [0.4, 0.5) is 0 Å². The molecule has 4 rings (SSSR count). The Labute approximate surface area is 159 Å². The molecule has 1 unspecified atom stereocenters. The van der Waals surface area contributed by atoms with Gasteiger partial charge in [0.1, 0.15) is 11.6 Å². The summed E-state index contributed by atoms with van der Waals surface area (Å²) in [5.41, 5.74) is 3.28. The highest BCUT2D eigenvalue weighted by Gasteiger charge is 2.28. The number of para-hydroxylation sites is 2. The summed E-state index contributed by atoms with van der Waals surface area (Å²) in [7, 11) is 2.06. The van der Waals surface area contributed by atoms with Crippen molar-refractivity contribution in [1.29, 1.82) is 0 Å². The molecule has 2 aromatic carbocycles. The first kappa shape index (κ1) is 17.6. The van der Waals surface area contributed by atoms with Crippen LogP contribution in [0.2, 0.25) is 0 Å². The highest BCUT2D eigenvalue weighted by atomic mass is 16.5. The molecule has 0 saturated carbocycles. The molecule has 5 nitrogen and oxygen atoms in total. The lowest BCUT2D eigenvalue weighted by molar-refractivity contribution is -0.134. The topological polar surface area (TPSA) is 47.4 Å². The lowest BCUT2D eigenvalue weighted by Gasteiger charge is -2.32. The third kappa shape index (κ3) is 3.68. The van der Waals surface area contributed by atoms with E-state index in [1.54, 1.807) is 0 Å². The Balaban J connectivity index is 1.44. The molecular formula is C22H25N3O2. The molecule has 3 aromatic rings. The number of aryl methyl sites for hydroxylation is 2. The molecule has 0 aliphatic carbocycles. The van der Waals surface area contributed by atoms with Crippen molar-refractivity contribution in [1.82, 2.24) is 14.5 Å². The number of aromatic nitrogens is 2. The Morgan fingerprint density at radius 2 is 2.07 bits per heavy atom. The van der Waals surface area contributed by atoms with Gasteiger partial charge in [-0.15, -0.1) is 0 Å². The normalized spacial score (nSPS) is 17.3. The quantitative estimate of drug-likeness (QED) is 0.711. The predicted octanol–water partition coefficient (Wildman–Crippen LogP) is 3.67. The molecule has 1 amide bonds. The van der Waals surface area contributed by atoms with Gasteiger partial charge in [0.05, 0.1) is 11.0 Å². The van der Waals surface area contributed by atoms with Gasteiger partial charge in [-0.05, 0) is 49.6 Å². The van der Waals surface area contributed by atoms with E-state index in [0.717, 1.165) is 47.6 Å². The summed E-state index contributed by atoms with van der Waals surface area (Å²) in [5, 5.41) is 0. The van der Waals surface area contributed by atoms with E-state index < -0.39 is 0 Å². The van der Waals surface area contributed by atoms with Crippen LogP contribution in [0.1, 0.15) is 30.1 Å². The first-order chi connectivity index (χ1) is 13.1. The van der Waals surface area contributed by atoms with E-state index in [2.05, 4.69) is 17.7 Å². The molecule has 27 heavy (non-hydrogen) atoms. The third-order valence-electron chi connectivity index (χ3n) is 5.31. The second-order valence-corrected chi connectivity index (χ2v) is 7.30. The molecule has 5 heteroatoms. The molecule has 0 N–H and O–H groups in total. The maximum atomic E-state index is 12.7. The van der Waals surface area contributed by atoms with E-state index in [1.165, 1.54) is 0 Å². The second-order valence-electron chi connectivity index (χ2n) is 7.30. The molecule has 1 saturated heterocycles. The number of nitrogens with zero attached hydrogens (tertiary/aromatic N) is 3. The zero-order valence-corrected chi connectivity index (χ0v) is 15.9. The summed E-state index contributed by atoms with van der Waals surface area (Å²) < 4.78 is 7.87. The number of fused-ring (bicyclic) bond motifs is 1. The van der Waals surface area contributed by atoms with E-state index in [1.807, 2.05) is 54.3 Å². The maximum absolute atomic E-state index is 12.7. The number of likely N-dealkylation sites (tertiary alicyclic amines) is 1. The number of benzene rings is 2. The van der Waals surface area contributed by atoms with Crippen molar-refractivity contribution >= 4 is 16.9 Å². The van der Waals surface area contributed by atoms with Crippen LogP contribution in [0.25, 0.3) is 11.0 Å². The van der Waals surface area contributed by atoms with Gasteiger partial charge >= 0.3 is 0 Å². The molecule has 2 heterocycles. The van der Waals surface area contributed by atoms with Crippen LogP contribution >= 0.6 is 0 Å².